The second-order valence-corrected chi connectivity index (χ2v) is 9.19. The molecule has 2 rings (SSSR count). The Labute approximate surface area is 167 Å². The topological polar surface area (TPSA) is 75.4 Å². The first kappa shape index (κ1) is 21.8. The van der Waals surface area contributed by atoms with Gasteiger partial charge < -0.3 is 16.0 Å². The number of nitrogens with one attached hydrogen (secondary N) is 1. The first-order chi connectivity index (χ1) is 12.8. The predicted octanol–water partition coefficient (Wildman–Crippen LogP) is 2.92. The van der Waals surface area contributed by atoms with Crippen molar-refractivity contribution in [3.8, 4) is 0 Å². The van der Waals surface area contributed by atoms with Crippen LogP contribution in [0.4, 0.5) is 0 Å². The Morgan fingerprint density at radius 3 is 2.56 bits per heavy atom. The van der Waals surface area contributed by atoms with Crippen molar-refractivity contribution in [3.05, 3.63) is 29.8 Å². The molecule has 0 aliphatic carbocycles. The highest BCUT2D eigenvalue weighted by atomic mass is 32.2. The van der Waals surface area contributed by atoms with Crippen LogP contribution in [0.15, 0.2) is 29.2 Å². The van der Waals surface area contributed by atoms with Gasteiger partial charge >= 0.3 is 0 Å². The van der Waals surface area contributed by atoms with E-state index in [1.54, 1.807) is 11.8 Å². The maximum atomic E-state index is 12.8. The summed E-state index contributed by atoms with van der Waals surface area (Å²) in [5.74, 6) is 0.545. The summed E-state index contributed by atoms with van der Waals surface area (Å²) in [5, 5.41) is 2.91. The number of likely N-dealkylation sites (tertiary alicyclic amines) is 1. The Kier molecular flexibility index (Phi) is 8.17. The van der Waals surface area contributed by atoms with Crippen molar-refractivity contribution in [1.82, 2.24) is 10.2 Å². The van der Waals surface area contributed by atoms with E-state index in [0.717, 1.165) is 30.7 Å². The molecular formula is C21H33N3O2S. The van der Waals surface area contributed by atoms with E-state index in [4.69, 9.17) is 5.73 Å². The lowest BCUT2D eigenvalue weighted by atomic mass is 9.87. The van der Waals surface area contributed by atoms with E-state index in [1.165, 1.54) is 5.56 Å². The molecule has 0 spiro atoms. The monoisotopic (exact) mass is 391 g/mol. The third-order valence-electron chi connectivity index (χ3n) is 4.94. The highest BCUT2D eigenvalue weighted by Gasteiger charge is 2.26. The first-order valence-corrected chi connectivity index (χ1v) is 10.8. The molecule has 0 aromatic heterocycles. The molecule has 0 saturated carbocycles. The normalized spacial score (nSPS) is 17.6. The van der Waals surface area contributed by atoms with E-state index < -0.39 is 0 Å². The third kappa shape index (κ3) is 6.85. The molecule has 27 heavy (non-hydrogen) atoms. The summed E-state index contributed by atoms with van der Waals surface area (Å²) in [6, 6.07) is 8.57. The van der Waals surface area contributed by atoms with E-state index >= 15 is 0 Å². The summed E-state index contributed by atoms with van der Waals surface area (Å²) in [4.78, 5) is 27.5. The van der Waals surface area contributed by atoms with Crippen LogP contribution in [-0.2, 0) is 15.0 Å². The number of carbonyl (C=O) groups is 2. The molecule has 0 radical (unpaired) electrons. The summed E-state index contributed by atoms with van der Waals surface area (Å²) in [5.41, 5.74) is 6.84. The van der Waals surface area contributed by atoms with E-state index in [1.807, 2.05) is 4.90 Å². The standard InChI is InChI=1S/C21H33N3O2S/c1-21(2,3)16-7-9-18(10-8-16)27-15-20(26)24-13-5-4-6-17(24)14-23-19(25)11-12-22/h7-10,17H,4-6,11-15,22H2,1-3H3,(H,23,25). The molecule has 0 bridgehead atoms. The van der Waals surface area contributed by atoms with E-state index in [9.17, 15) is 9.59 Å². The predicted molar refractivity (Wildman–Crippen MR) is 112 cm³/mol. The third-order valence-corrected chi connectivity index (χ3v) is 5.93. The van der Waals surface area contributed by atoms with Crippen LogP contribution < -0.4 is 11.1 Å². The van der Waals surface area contributed by atoms with Crippen LogP contribution in [0.1, 0.15) is 52.0 Å². The molecule has 150 valence electrons. The SMILES string of the molecule is CC(C)(C)c1ccc(SCC(=O)N2CCCCC2CNC(=O)CCN)cc1. The van der Waals surface area contributed by atoms with Crippen molar-refractivity contribution in [3.63, 3.8) is 0 Å². The number of rotatable bonds is 7. The molecule has 1 aromatic rings. The van der Waals surface area contributed by atoms with Crippen molar-refractivity contribution in [1.29, 1.82) is 0 Å². The van der Waals surface area contributed by atoms with Crippen LogP contribution in [-0.4, -0.2) is 48.1 Å². The Bertz CT molecular complexity index is 625. The molecule has 1 atom stereocenters. The fourth-order valence-electron chi connectivity index (χ4n) is 3.27. The molecule has 1 fully saturated rings. The van der Waals surface area contributed by atoms with Gasteiger partial charge in [0, 0.05) is 37.0 Å². The van der Waals surface area contributed by atoms with Gasteiger partial charge in [0.25, 0.3) is 0 Å². The summed E-state index contributed by atoms with van der Waals surface area (Å²) in [7, 11) is 0. The zero-order valence-corrected chi connectivity index (χ0v) is 17.6. The van der Waals surface area contributed by atoms with Crippen LogP contribution in [0.25, 0.3) is 0 Å². The Balaban J connectivity index is 1.87. The highest BCUT2D eigenvalue weighted by Crippen LogP contribution is 2.26. The lowest BCUT2D eigenvalue weighted by molar-refractivity contribution is -0.132. The molecule has 5 nitrogen and oxygen atoms in total. The molecule has 6 heteroatoms. The smallest absolute Gasteiger partial charge is 0.233 e. The summed E-state index contributed by atoms with van der Waals surface area (Å²) in [6.45, 7) is 8.24. The molecular weight excluding hydrogens is 358 g/mol. The van der Waals surface area contributed by atoms with Gasteiger partial charge in [-0.3, -0.25) is 9.59 Å². The first-order valence-electron chi connectivity index (χ1n) is 9.81. The minimum absolute atomic E-state index is 0.0382. The van der Waals surface area contributed by atoms with Crippen molar-refractivity contribution in [2.75, 3.05) is 25.4 Å². The highest BCUT2D eigenvalue weighted by molar-refractivity contribution is 8.00. The van der Waals surface area contributed by atoms with Crippen LogP contribution in [0, 0.1) is 0 Å². The molecule has 1 aliphatic rings. The summed E-state index contributed by atoms with van der Waals surface area (Å²) < 4.78 is 0. The zero-order chi connectivity index (χ0) is 19.9. The number of carbonyl (C=O) groups excluding carboxylic acids is 2. The quantitative estimate of drug-likeness (QED) is 0.701. The number of hydrogen-bond acceptors (Lipinski definition) is 4. The second-order valence-electron chi connectivity index (χ2n) is 8.14. The van der Waals surface area contributed by atoms with Gasteiger partial charge in [-0.05, 0) is 42.4 Å². The average molecular weight is 392 g/mol. The van der Waals surface area contributed by atoms with Crippen molar-refractivity contribution < 1.29 is 9.59 Å². The lowest BCUT2D eigenvalue weighted by Crippen LogP contribution is -2.50. The number of thioether (sulfide) groups is 1. The van der Waals surface area contributed by atoms with E-state index in [-0.39, 0.29) is 23.3 Å². The van der Waals surface area contributed by atoms with Gasteiger partial charge in [0.05, 0.1) is 5.75 Å². The molecule has 1 unspecified atom stereocenters. The summed E-state index contributed by atoms with van der Waals surface area (Å²) >= 11 is 1.58. The van der Waals surface area contributed by atoms with Gasteiger partial charge in [0.1, 0.15) is 0 Å². The van der Waals surface area contributed by atoms with E-state index in [2.05, 4.69) is 50.4 Å². The lowest BCUT2D eigenvalue weighted by Gasteiger charge is -2.36. The van der Waals surface area contributed by atoms with Gasteiger partial charge in [-0.15, -0.1) is 11.8 Å². The Morgan fingerprint density at radius 1 is 1.22 bits per heavy atom. The van der Waals surface area contributed by atoms with Crippen molar-refractivity contribution in [2.24, 2.45) is 5.73 Å². The molecule has 1 aromatic carbocycles. The van der Waals surface area contributed by atoms with Gasteiger partial charge in [-0.25, -0.2) is 0 Å². The minimum Gasteiger partial charge on any atom is -0.354 e. The number of piperidine rings is 1. The van der Waals surface area contributed by atoms with E-state index in [0.29, 0.717) is 25.3 Å². The molecule has 1 saturated heterocycles. The second kappa shape index (κ2) is 10.1. The largest absolute Gasteiger partial charge is 0.354 e. The van der Waals surface area contributed by atoms with Gasteiger partial charge in [-0.1, -0.05) is 32.9 Å². The van der Waals surface area contributed by atoms with Crippen LogP contribution in [0.5, 0.6) is 0 Å². The fourth-order valence-corrected chi connectivity index (χ4v) is 4.06. The van der Waals surface area contributed by atoms with Crippen molar-refractivity contribution in [2.45, 2.75) is 62.8 Å². The van der Waals surface area contributed by atoms with Crippen molar-refractivity contribution >= 4 is 23.6 Å². The number of benzene rings is 1. The maximum absolute atomic E-state index is 12.8. The zero-order valence-electron chi connectivity index (χ0n) is 16.8. The number of amides is 2. The fraction of sp³-hybridized carbons (Fsp3) is 0.619. The molecule has 1 aliphatic heterocycles. The Morgan fingerprint density at radius 2 is 1.93 bits per heavy atom. The summed E-state index contributed by atoms with van der Waals surface area (Å²) in [6.07, 6.45) is 3.41. The molecule has 3 N–H and O–H groups in total. The number of nitrogens with zero attached hydrogens (tertiary/aromatic N) is 1. The Hall–Kier alpha value is -1.53. The molecule has 1 heterocycles. The minimum atomic E-state index is -0.0382. The molecule has 2 amide bonds. The van der Waals surface area contributed by atoms with Gasteiger partial charge in [0.15, 0.2) is 0 Å². The average Bonchev–Trinajstić information content (AvgIpc) is 2.64. The van der Waals surface area contributed by atoms with Crippen LogP contribution in [0.2, 0.25) is 0 Å². The van der Waals surface area contributed by atoms with Gasteiger partial charge in [-0.2, -0.15) is 0 Å². The van der Waals surface area contributed by atoms with Gasteiger partial charge in [0.2, 0.25) is 11.8 Å². The van der Waals surface area contributed by atoms with Crippen LogP contribution >= 0.6 is 11.8 Å². The number of nitrogens with two attached hydrogens (primary N) is 1. The van der Waals surface area contributed by atoms with Crippen LogP contribution in [0.3, 0.4) is 0 Å². The maximum Gasteiger partial charge on any atom is 0.233 e. The number of hydrogen-bond donors (Lipinski definition) is 2.